The first-order valence-electron chi connectivity index (χ1n) is 6.75. The Kier molecular flexibility index (Phi) is 4.56. The molecular formula is C14H20N3OS+. The number of nitriles is 1. The zero-order valence-corrected chi connectivity index (χ0v) is 12.2. The van der Waals surface area contributed by atoms with Crippen LogP contribution in [0.4, 0.5) is 5.00 Å². The number of hydrogen-bond donors (Lipinski definition) is 2. The lowest BCUT2D eigenvalue weighted by molar-refractivity contribution is -0.919. The van der Waals surface area contributed by atoms with Gasteiger partial charge in [0.2, 0.25) is 0 Å². The lowest BCUT2D eigenvalue weighted by atomic mass is 9.98. The molecule has 102 valence electrons. The van der Waals surface area contributed by atoms with Gasteiger partial charge in [0.1, 0.15) is 11.1 Å². The summed E-state index contributed by atoms with van der Waals surface area (Å²) in [5.41, 5.74) is 0.549. The molecule has 0 aromatic carbocycles. The van der Waals surface area contributed by atoms with E-state index >= 15 is 0 Å². The number of amides is 1. The third-order valence-electron chi connectivity index (χ3n) is 3.94. The average Bonchev–Trinajstić information content (AvgIpc) is 2.86. The molecule has 1 atom stereocenters. The Balaban J connectivity index is 1.95. The molecule has 4 nitrogen and oxygen atoms in total. The summed E-state index contributed by atoms with van der Waals surface area (Å²) in [5.74, 6) is 0.796. The maximum atomic E-state index is 12.2. The minimum Gasteiger partial charge on any atom is -0.325 e. The zero-order valence-electron chi connectivity index (χ0n) is 11.4. The van der Waals surface area contributed by atoms with Crippen molar-refractivity contribution in [2.45, 2.75) is 32.7 Å². The van der Waals surface area contributed by atoms with Gasteiger partial charge in [0.25, 0.3) is 5.91 Å². The Morgan fingerprint density at radius 3 is 2.89 bits per heavy atom. The van der Waals surface area contributed by atoms with Crippen molar-refractivity contribution in [3.8, 4) is 6.07 Å². The topological polar surface area (TPSA) is 57.3 Å². The average molecular weight is 278 g/mol. The van der Waals surface area contributed by atoms with Crippen molar-refractivity contribution in [3.05, 3.63) is 17.0 Å². The van der Waals surface area contributed by atoms with Crippen molar-refractivity contribution in [1.82, 2.24) is 0 Å². The van der Waals surface area contributed by atoms with Crippen LogP contribution in [0.25, 0.3) is 0 Å². The summed E-state index contributed by atoms with van der Waals surface area (Å²) in [5, 5.41) is 14.3. The maximum Gasteiger partial charge on any atom is 0.283 e. The summed E-state index contributed by atoms with van der Waals surface area (Å²) >= 11 is 1.40. The molecule has 0 spiro atoms. The van der Waals surface area contributed by atoms with E-state index in [0.717, 1.165) is 19.0 Å². The van der Waals surface area contributed by atoms with Crippen LogP contribution in [0.15, 0.2) is 11.4 Å². The first-order valence-corrected chi connectivity index (χ1v) is 7.62. The fourth-order valence-electron chi connectivity index (χ4n) is 2.47. The highest BCUT2D eigenvalue weighted by Crippen LogP contribution is 2.22. The van der Waals surface area contributed by atoms with Crippen LogP contribution < -0.4 is 10.2 Å². The second kappa shape index (κ2) is 6.18. The molecule has 2 N–H and O–H groups in total. The van der Waals surface area contributed by atoms with Crippen LogP contribution >= 0.6 is 11.3 Å². The Bertz CT molecular complexity index is 483. The third-order valence-corrected chi connectivity index (χ3v) is 4.77. The minimum atomic E-state index is -0.0545. The number of rotatable bonds is 3. The van der Waals surface area contributed by atoms with E-state index in [1.54, 1.807) is 6.07 Å². The number of nitrogens with zero attached hydrogens (tertiary/aromatic N) is 1. The van der Waals surface area contributed by atoms with Crippen molar-refractivity contribution in [2.24, 2.45) is 5.92 Å². The van der Waals surface area contributed by atoms with E-state index in [1.165, 1.54) is 29.1 Å². The minimum absolute atomic E-state index is 0.0171. The summed E-state index contributed by atoms with van der Waals surface area (Å²) in [6, 6.07) is 3.78. The normalized spacial score (nSPS) is 24.5. The van der Waals surface area contributed by atoms with Crippen molar-refractivity contribution in [3.63, 3.8) is 0 Å². The number of nitrogens with one attached hydrogen (secondary N) is 2. The van der Waals surface area contributed by atoms with Gasteiger partial charge < -0.3 is 10.2 Å². The molecule has 1 amide bonds. The Hall–Kier alpha value is -1.38. The van der Waals surface area contributed by atoms with Crippen molar-refractivity contribution in [1.29, 1.82) is 5.26 Å². The number of carbonyl (C=O) groups is 1. The van der Waals surface area contributed by atoms with Crippen LogP contribution in [-0.4, -0.2) is 25.0 Å². The molecule has 0 unspecified atom stereocenters. The van der Waals surface area contributed by atoms with Crippen molar-refractivity contribution >= 4 is 22.2 Å². The van der Waals surface area contributed by atoms with Gasteiger partial charge in [0.15, 0.2) is 6.04 Å². The molecule has 0 aliphatic carbocycles. The maximum absolute atomic E-state index is 12.2. The highest BCUT2D eigenvalue weighted by Gasteiger charge is 2.29. The number of likely N-dealkylation sites (tertiary alicyclic amines) is 1. The molecule has 2 heterocycles. The van der Waals surface area contributed by atoms with Crippen molar-refractivity contribution in [2.75, 3.05) is 18.4 Å². The summed E-state index contributed by atoms with van der Waals surface area (Å²) in [6.07, 6.45) is 2.38. The van der Waals surface area contributed by atoms with Gasteiger partial charge in [-0.2, -0.15) is 5.26 Å². The molecule has 1 aliphatic heterocycles. The van der Waals surface area contributed by atoms with Crippen LogP contribution in [0.5, 0.6) is 0 Å². The Morgan fingerprint density at radius 2 is 2.26 bits per heavy atom. The quantitative estimate of drug-likeness (QED) is 0.874. The lowest BCUT2D eigenvalue weighted by Crippen LogP contribution is -3.17. The number of piperidine rings is 1. The molecule has 0 radical (unpaired) electrons. The van der Waals surface area contributed by atoms with Gasteiger partial charge >= 0.3 is 0 Å². The highest BCUT2D eigenvalue weighted by molar-refractivity contribution is 7.14. The molecule has 1 aromatic heterocycles. The Labute approximate surface area is 118 Å². The predicted octanol–water partition coefficient (Wildman–Crippen LogP) is 1.26. The third kappa shape index (κ3) is 3.34. The van der Waals surface area contributed by atoms with E-state index < -0.39 is 0 Å². The van der Waals surface area contributed by atoms with Gasteiger partial charge in [-0.3, -0.25) is 4.79 Å². The van der Waals surface area contributed by atoms with E-state index in [-0.39, 0.29) is 11.9 Å². The molecule has 1 aliphatic rings. The van der Waals surface area contributed by atoms with E-state index in [4.69, 9.17) is 5.26 Å². The highest BCUT2D eigenvalue weighted by atomic mass is 32.1. The van der Waals surface area contributed by atoms with Crippen LogP contribution in [0.1, 0.15) is 32.3 Å². The van der Waals surface area contributed by atoms with Crippen LogP contribution in [0, 0.1) is 17.2 Å². The molecule has 1 aromatic rings. The zero-order chi connectivity index (χ0) is 13.8. The largest absolute Gasteiger partial charge is 0.325 e. The standard InChI is InChI=1S/C14H19N3OS/c1-10-3-6-17(7-4-10)11(2)13(18)16-14-12(9-15)5-8-19-14/h5,8,10-11H,3-4,6-7H2,1-2H3,(H,16,18)/p+1/t11-/m1/s1. The van der Waals surface area contributed by atoms with Gasteiger partial charge in [0, 0.05) is 0 Å². The van der Waals surface area contributed by atoms with E-state index in [1.807, 2.05) is 12.3 Å². The smallest absolute Gasteiger partial charge is 0.283 e. The summed E-state index contributed by atoms with van der Waals surface area (Å²) in [4.78, 5) is 13.6. The Morgan fingerprint density at radius 1 is 1.58 bits per heavy atom. The first kappa shape index (κ1) is 14.0. The lowest BCUT2D eigenvalue weighted by Gasteiger charge is -2.31. The van der Waals surface area contributed by atoms with Gasteiger partial charge in [-0.25, -0.2) is 0 Å². The van der Waals surface area contributed by atoms with Crippen LogP contribution in [-0.2, 0) is 4.79 Å². The van der Waals surface area contributed by atoms with E-state index in [0.29, 0.717) is 10.6 Å². The molecular weight excluding hydrogens is 258 g/mol. The fourth-order valence-corrected chi connectivity index (χ4v) is 3.21. The molecule has 5 heteroatoms. The molecule has 1 saturated heterocycles. The summed E-state index contributed by atoms with van der Waals surface area (Å²) < 4.78 is 0. The molecule has 1 fully saturated rings. The fraction of sp³-hybridized carbons (Fsp3) is 0.571. The monoisotopic (exact) mass is 278 g/mol. The molecule has 19 heavy (non-hydrogen) atoms. The SMILES string of the molecule is CC1CC[NH+]([C@H](C)C(=O)Nc2sccc2C#N)CC1. The van der Waals surface area contributed by atoms with Crippen LogP contribution in [0.2, 0.25) is 0 Å². The first-order chi connectivity index (χ1) is 9.11. The number of carbonyl (C=O) groups excluding carboxylic acids is 1. The van der Waals surface area contributed by atoms with E-state index in [9.17, 15) is 4.79 Å². The second-order valence-electron chi connectivity index (χ2n) is 5.33. The second-order valence-corrected chi connectivity index (χ2v) is 6.24. The van der Waals surface area contributed by atoms with E-state index in [2.05, 4.69) is 18.3 Å². The number of anilines is 1. The number of quaternary nitrogens is 1. The summed E-state index contributed by atoms with van der Waals surface area (Å²) in [7, 11) is 0. The van der Waals surface area contributed by atoms with Gasteiger partial charge in [-0.15, -0.1) is 11.3 Å². The molecule has 0 bridgehead atoms. The van der Waals surface area contributed by atoms with Gasteiger partial charge in [-0.1, -0.05) is 6.92 Å². The predicted molar refractivity (Wildman–Crippen MR) is 76.2 cm³/mol. The van der Waals surface area contributed by atoms with Gasteiger partial charge in [0.05, 0.1) is 18.7 Å². The molecule has 2 rings (SSSR count). The number of hydrogen-bond acceptors (Lipinski definition) is 3. The number of thiophene rings is 1. The molecule has 0 saturated carbocycles. The van der Waals surface area contributed by atoms with Crippen molar-refractivity contribution < 1.29 is 9.69 Å². The summed E-state index contributed by atoms with van der Waals surface area (Å²) in [6.45, 7) is 6.36. The van der Waals surface area contributed by atoms with Gasteiger partial charge in [-0.05, 0) is 37.1 Å². The van der Waals surface area contributed by atoms with Crippen LogP contribution in [0.3, 0.4) is 0 Å².